The molecule has 23 heavy (non-hydrogen) atoms. The standard InChI is InChI=1S/C9H14N2O2.C6H9NO3/c1-3-4-5-11-7-6-10(2)8(11)9(12)13;1-3-6(9)10-4(2)5(8)7-3/h6-7H,3-5H2,1-2H3;3-4H,1-2H3,(H,7,8). The third kappa shape index (κ3) is 5.08. The number of amides is 1. The maximum Gasteiger partial charge on any atom is 0.329 e. The number of imidazole rings is 1. The van der Waals surface area contributed by atoms with E-state index < -0.39 is 18.1 Å². The van der Waals surface area contributed by atoms with E-state index in [1.54, 1.807) is 42.4 Å². The van der Waals surface area contributed by atoms with Crippen molar-refractivity contribution in [3.05, 3.63) is 18.2 Å². The molecule has 2 heterocycles. The van der Waals surface area contributed by atoms with E-state index in [4.69, 9.17) is 0 Å². The lowest BCUT2D eigenvalue weighted by Gasteiger charge is -2.23. The van der Waals surface area contributed by atoms with Crippen LogP contribution in [0.3, 0.4) is 0 Å². The maximum absolute atomic E-state index is 10.8. The molecule has 2 unspecified atom stereocenters. The van der Waals surface area contributed by atoms with Gasteiger partial charge in [0.25, 0.3) is 5.91 Å². The minimum Gasteiger partial charge on any atom is -0.538 e. The molecule has 0 aromatic carbocycles. The molecular weight excluding hydrogens is 302 g/mol. The molecule has 0 radical (unpaired) electrons. The number of aryl methyl sites for hydroxylation is 2. The average Bonchev–Trinajstić information content (AvgIpc) is 2.85. The van der Waals surface area contributed by atoms with E-state index in [9.17, 15) is 19.5 Å². The number of nitrogens with zero attached hydrogens (tertiary/aromatic N) is 2. The number of cyclic esters (lactones) is 1. The summed E-state index contributed by atoms with van der Waals surface area (Å²) in [5.41, 5.74) is 0. The number of carbonyl (C=O) groups is 3. The first-order valence-corrected chi connectivity index (χ1v) is 7.54. The number of carbonyl (C=O) groups excluding carboxylic acids is 3. The van der Waals surface area contributed by atoms with Crippen LogP contribution in [-0.4, -0.2) is 34.6 Å². The van der Waals surface area contributed by atoms with Crippen LogP contribution in [0.15, 0.2) is 12.4 Å². The van der Waals surface area contributed by atoms with Gasteiger partial charge in [-0.05, 0) is 20.3 Å². The second-order valence-electron chi connectivity index (χ2n) is 5.38. The van der Waals surface area contributed by atoms with Crippen LogP contribution in [0.25, 0.3) is 0 Å². The second-order valence-corrected chi connectivity index (χ2v) is 5.38. The number of esters is 1. The van der Waals surface area contributed by atoms with Gasteiger partial charge in [0.15, 0.2) is 12.1 Å². The minimum atomic E-state index is -1.12. The summed E-state index contributed by atoms with van der Waals surface area (Å²) in [7, 11) is 1.70. The van der Waals surface area contributed by atoms with Gasteiger partial charge in [-0.3, -0.25) is 4.79 Å². The molecule has 2 rings (SSSR count). The number of aromatic carboxylic acids is 1. The highest BCUT2D eigenvalue weighted by Gasteiger charge is 2.29. The number of unbranched alkanes of at least 4 members (excludes halogenated alkanes) is 1. The van der Waals surface area contributed by atoms with E-state index in [-0.39, 0.29) is 17.7 Å². The lowest BCUT2D eigenvalue weighted by atomic mass is 10.2. The van der Waals surface area contributed by atoms with E-state index in [2.05, 4.69) is 17.0 Å². The number of nitrogens with one attached hydrogen (secondary N) is 1. The third-order valence-electron chi connectivity index (χ3n) is 3.39. The number of morpholine rings is 1. The van der Waals surface area contributed by atoms with Crippen molar-refractivity contribution in [1.29, 1.82) is 0 Å². The zero-order valence-electron chi connectivity index (χ0n) is 13.9. The molecule has 1 N–H and O–H groups in total. The highest BCUT2D eigenvalue weighted by atomic mass is 16.6. The summed E-state index contributed by atoms with van der Waals surface area (Å²) < 4.78 is 7.93. The Hall–Kier alpha value is -2.38. The average molecular weight is 325 g/mol. The Kier molecular flexibility index (Phi) is 6.74. The predicted molar refractivity (Wildman–Crippen MR) is 78.0 cm³/mol. The highest BCUT2D eigenvalue weighted by molar-refractivity contribution is 5.91. The maximum atomic E-state index is 10.8. The van der Waals surface area contributed by atoms with Crippen LogP contribution in [-0.2, 0) is 27.9 Å². The molecule has 1 saturated heterocycles. The number of rotatable bonds is 4. The van der Waals surface area contributed by atoms with Crippen molar-refractivity contribution in [2.24, 2.45) is 7.05 Å². The number of ether oxygens (including phenoxy) is 1. The van der Waals surface area contributed by atoms with Crippen molar-refractivity contribution in [3.63, 3.8) is 0 Å². The van der Waals surface area contributed by atoms with Crippen LogP contribution in [0.4, 0.5) is 0 Å². The van der Waals surface area contributed by atoms with Crippen LogP contribution in [0.1, 0.15) is 44.2 Å². The topological polar surface area (TPSA) is 104 Å². The van der Waals surface area contributed by atoms with Crippen molar-refractivity contribution < 1.29 is 28.8 Å². The molecule has 2 atom stereocenters. The Morgan fingerprint density at radius 3 is 2.61 bits per heavy atom. The largest absolute Gasteiger partial charge is 0.538 e. The number of hydrogen-bond acceptors (Lipinski definition) is 5. The third-order valence-corrected chi connectivity index (χ3v) is 3.39. The smallest absolute Gasteiger partial charge is 0.329 e. The molecule has 1 aliphatic rings. The zero-order chi connectivity index (χ0) is 17.6. The normalized spacial score (nSPS) is 20.2. The van der Waals surface area contributed by atoms with Gasteiger partial charge in [0.05, 0.1) is 13.6 Å². The van der Waals surface area contributed by atoms with E-state index in [1.165, 1.54) is 0 Å². The Morgan fingerprint density at radius 1 is 1.43 bits per heavy atom. The molecule has 8 heteroatoms. The Morgan fingerprint density at radius 2 is 2.09 bits per heavy atom. The summed E-state index contributed by atoms with van der Waals surface area (Å²) in [6, 6.07) is -0.497. The van der Waals surface area contributed by atoms with Gasteiger partial charge in [-0.2, -0.15) is 0 Å². The van der Waals surface area contributed by atoms with Gasteiger partial charge in [-0.15, -0.1) is 0 Å². The Labute approximate surface area is 135 Å². The fourth-order valence-electron chi connectivity index (χ4n) is 2.01. The zero-order valence-corrected chi connectivity index (χ0v) is 13.9. The summed E-state index contributed by atoms with van der Waals surface area (Å²) >= 11 is 0. The van der Waals surface area contributed by atoms with Crippen molar-refractivity contribution in [2.75, 3.05) is 0 Å². The van der Waals surface area contributed by atoms with Crippen molar-refractivity contribution in [2.45, 2.75) is 52.3 Å². The van der Waals surface area contributed by atoms with E-state index >= 15 is 0 Å². The second kappa shape index (κ2) is 8.30. The molecule has 1 fully saturated rings. The molecule has 0 aliphatic carbocycles. The van der Waals surface area contributed by atoms with Gasteiger partial charge in [0.1, 0.15) is 18.4 Å². The van der Waals surface area contributed by atoms with Crippen LogP contribution >= 0.6 is 0 Å². The van der Waals surface area contributed by atoms with Gasteiger partial charge < -0.3 is 20.0 Å². The van der Waals surface area contributed by atoms with E-state index in [0.717, 1.165) is 19.4 Å². The van der Waals surface area contributed by atoms with Crippen LogP contribution in [0.5, 0.6) is 0 Å². The summed E-state index contributed by atoms with van der Waals surface area (Å²) in [5, 5.41) is 13.2. The fraction of sp³-hybridized carbons (Fsp3) is 0.600. The summed E-state index contributed by atoms with van der Waals surface area (Å²) in [5.74, 6) is -1.49. The lowest BCUT2D eigenvalue weighted by molar-refractivity contribution is -0.675. The predicted octanol–water partition coefficient (Wildman–Crippen LogP) is -1.09. The number of aromatic nitrogens is 2. The van der Waals surface area contributed by atoms with Gasteiger partial charge in [-0.25, -0.2) is 13.9 Å². The van der Waals surface area contributed by atoms with Gasteiger partial charge in [0, 0.05) is 0 Å². The van der Waals surface area contributed by atoms with Crippen LogP contribution in [0, 0.1) is 0 Å². The monoisotopic (exact) mass is 325 g/mol. The first-order valence-electron chi connectivity index (χ1n) is 7.54. The minimum absolute atomic E-state index is 0.230. The van der Waals surface area contributed by atoms with Crippen molar-refractivity contribution in [1.82, 2.24) is 9.88 Å². The molecule has 1 aliphatic heterocycles. The van der Waals surface area contributed by atoms with E-state index in [1.807, 2.05) is 0 Å². The van der Waals surface area contributed by atoms with Crippen LogP contribution < -0.4 is 15.0 Å². The molecule has 0 spiro atoms. The number of carboxylic acids is 1. The molecular formula is C15H23N3O5. The van der Waals surface area contributed by atoms with Gasteiger partial charge >= 0.3 is 11.8 Å². The molecule has 1 amide bonds. The highest BCUT2D eigenvalue weighted by Crippen LogP contribution is 2.02. The van der Waals surface area contributed by atoms with Crippen LogP contribution in [0.2, 0.25) is 0 Å². The molecule has 1 aromatic heterocycles. The van der Waals surface area contributed by atoms with Gasteiger partial charge in [0.2, 0.25) is 0 Å². The first kappa shape index (κ1) is 18.7. The first-order chi connectivity index (χ1) is 10.8. The summed E-state index contributed by atoms with van der Waals surface area (Å²) in [6.45, 7) is 5.94. The Balaban J connectivity index is 0.000000238. The molecule has 128 valence electrons. The molecule has 0 bridgehead atoms. The quantitative estimate of drug-likeness (QED) is 0.560. The summed E-state index contributed by atoms with van der Waals surface area (Å²) in [4.78, 5) is 32.2. The number of carboxylic acid groups (broad SMARTS) is 1. The molecule has 0 saturated carbocycles. The lowest BCUT2D eigenvalue weighted by Crippen LogP contribution is -2.51. The Bertz CT molecular complexity index is 562. The SMILES string of the molecule is CC1NC(=O)C(C)OC1=O.CCCCn1cc[n+](C)c1C(=O)[O-]. The molecule has 8 nitrogen and oxygen atoms in total. The van der Waals surface area contributed by atoms with Crippen molar-refractivity contribution in [3.8, 4) is 0 Å². The fourth-order valence-corrected chi connectivity index (χ4v) is 2.01. The molecule has 1 aromatic rings. The van der Waals surface area contributed by atoms with E-state index in [0.29, 0.717) is 0 Å². The summed E-state index contributed by atoms with van der Waals surface area (Å²) in [6.07, 6.45) is 4.88. The number of hydrogen-bond donors (Lipinski definition) is 1. The van der Waals surface area contributed by atoms with Crippen molar-refractivity contribution >= 4 is 17.8 Å². The van der Waals surface area contributed by atoms with Gasteiger partial charge in [-0.1, -0.05) is 13.3 Å².